The first-order valence-electron chi connectivity index (χ1n) is 10.9. The van der Waals surface area contributed by atoms with Crippen LogP contribution in [0.1, 0.15) is 20.7 Å². The van der Waals surface area contributed by atoms with Crippen LogP contribution in [-0.4, -0.2) is 26.9 Å². The summed E-state index contributed by atoms with van der Waals surface area (Å²) in [4.78, 5) is 33.2. The molecule has 0 fully saturated rings. The SMILES string of the molecule is O=C(Nc1cccc(-c2nc(-c3ccc(NC(=O)c4cccnc4)cc3Cl)no2)c1)c1ccccc1. The van der Waals surface area contributed by atoms with Crippen molar-refractivity contribution in [3.05, 3.63) is 113 Å². The second kappa shape index (κ2) is 10.2. The number of hydrogen-bond acceptors (Lipinski definition) is 6. The molecule has 0 aliphatic carbocycles. The van der Waals surface area contributed by atoms with Crippen LogP contribution in [0.5, 0.6) is 0 Å². The molecule has 8 nitrogen and oxygen atoms in total. The quantitative estimate of drug-likeness (QED) is 0.301. The largest absolute Gasteiger partial charge is 0.334 e. The fourth-order valence-corrected chi connectivity index (χ4v) is 3.71. The number of halogens is 1. The number of pyridine rings is 1. The van der Waals surface area contributed by atoms with Crippen molar-refractivity contribution in [2.45, 2.75) is 0 Å². The van der Waals surface area contributed by atoms with Crippen molar-refractivity contribution < 1.29 is 14.1 Å². The number of aromatic nitrogens is 3. The van der Waals surface area contributed by atoms with Gasteiger partial charge in [0.15, 0.2) is 0 Å². The van der Waals surface area contributed by atoms with Crippen LogP contribution in [0.25, 0.3) is 22.8 Å². The Labute approximate surface area is 211 Å². The molecule has 0 spiro atoms. The number of benzene rings is 3. The Hall–Kier alpha value is -4.82. The lowest BCUT2D eigenvalue weighted by atomic mass is 10.1. The second-order valence-corrected chi connectivity index (χ2v) is 8.12. The van der Waals surface area contributed by atoms with E-state index >= 15 is 0 Å². The molecule has 3 aromatic carbocycles. The third-order valence-corrected chi connectivity index (χ3v) is 5.53. The number of amides is 2. The summed E-state index contributed by atoms with van der Waals surface area (Å²) in [5.74, 6) is 0.0409. The van der Waals surface area contributed by atoms with Crippen molar-refractivity contribution in [3.63, 3.8) is 0 Å². The highest BCUT2D eigenvalue weighted by Gasteiger charge is 2.15. The molecule has 0 radical (unpaired) electrons. The highest BCUT2D eigenvalue weighted by Crippen LogP contribution is 2.31. The van der Waals surface area contributed by atoms with Crippen molar-refractivity contribution >= 4 is 34.8 Å². The number of anilines is 2. The molecule has 0 saturated carbocycles. The number of nitrogens with one attached hydrogen (secondary N) is 2. The Bertz CT molecular complexity index is 1540. The van der Waals surface area contributed by atoms with E-state index in [4.69, 9.17) is 16.1 Å². The van der Waals surface area contributed by atoms with Gasteiger partial charge in [0.05, 0.1) is 10.6 Å². The molecule has 176 valence electrons. The average Bonchev–Trinajstić information content (AvgIpc) is 3.40. The lowest BCUT2D eigenvalue weighted by Gasteiger charge is -2.07. The fourth-order valence-electron chi connectivity index (χ4n) is 3.45. The predicted octanol–water partition coefficient (Wildman–Crippen LogP) is 5.96. The van der Waals surface area contributed by atoms with Crippen LogP contribution in [0, 0.1) is 0 Å². The molecular formula is C27H18ClN5O3. The van der Waals surface area contributed by atoms with Crippen molar-refractivity contribution in [2.75, 3.05) is 10.6 Å². The van der Waals surface area contributed by atoms with E-state index in [1.165, 1.54) is 6.20 Å². The molecule has 2 amide bonds. The van der Waals surface area contributed by atoms with Gasteiger partial charge in [0, 0.05) is 40.5 Å². The molecule has 9 heteroatoms. The zero-order valence-corrected chi connectivity index (χ0v) is 19.4. The van der Waals surface area contributed by atoms with Crippen molar-refractivity contribution in [2.24, 2.45) is 0 Å². The van der Waals surface area contributed by atoms with Crippen LogP contribution in [0.4, 0.5) is 11.4 Å². The number of carbonyl (C=O) groups is 2. The van der Waals surface area contributed by atoms with Gasteiger partial charge in [-0.3, -0.25) is 14.6 Å². The zero-order valence-electron chi connectivity index (χ0n) is 18.7. The topological polar surface area (TPSA) is 110 Å². The van der Waals surface area contributed by atoms with Gasteiger partial charge in [0.2, 0.25) is 5.82 Å². The molecule has 2 heterocycles. The summed E-state index contributed by atoms with van der Waals surface area (Å²) in [6.07, 6.45) is 3.08. The van der Waals surface area contributed by atoms with Crippen LogP contribution >= 0.6 is 11.6 Å². The van der Waals surface area contributed by atoms with Crippen LogP contribution < -0.4 is 10.6 Å². The molecule has 0 unspecified atom stereocenters. The maximum absolute atomic E-state index is 12.5. The number of hydrogen-bond donors (Lipinski definition) is 2. The van der Waals surface area contributed by atoms with Gasteiger partial charge in [-0.2, -0.15) is 4.98 Å². The molecule has 5 aromatic rings. The standard InChI is InChI=1S/C27H18ClN5O3/c28-23-15-21(31-26(35)19-9-5-13-29-16-19)11-12-22(23)24-32-27(36-33-24)18-8-4-10-20(14-18)30-25(34)17-6-2-1-3-7-17/h1-16H,(H,30,34)(H,31,35). The molecule has 0 aliphatic rings. The van der Waals surface area contributed by atoms with Gasteiger partial charge in [-0.05, 0) is 60.7 Å². The predicted molar refractivity (Wildman–Crippen MR) is 137 cm³/mol. The molecule has 36 heavy (non-hydrogen) atoms. The highest BCUT2D eigenvalue weighted by atomic mass is 35.5. The Morgan fingerprint density at radius 1 is 0.778 bits per heavy atom. The van der Waals surface area contributed by atoms with E-state index in [0.717, 1.165) is 0 Å². The molecule has 2 N–H and O–H groups in total. The van der Waals surface area contributed by atoms with Gasteiger partial charge >= 0.3 is 0 Å². The van der Waals surface area contributed by atoms with Gasteiger partial charge in [0.1, 0.15) is 0 Å². The maximum atomic E-state index is 12.5. The zero-order chi connectivity index (χ0) is 24.9. The minimum absolute atomic E-state index is 0.221. The number of nitrogens with zero attached hydrogens (tertiary/aromatic N) is 3. The number of rotatable bonds is 6. The monoisotopic (exact) mass is 495 g/mol. The van der Waals surface area contributed by atoms with Crippen molar-refractivity contribution in [3.8, 4) is 22.8 Å². The molecule has 5 rings (SSSR count). The Morgan fingerprint density at radius 2 is 1.53 bits per heavy atom. The van der Waals surface area contributed by atoms with Gasteiger partial charge in [-0.15, -0.1) is 0 Å². The lowest BCUT2D eigenvalue weighted by Crippen LogP contribution is -2.11. The second-order valence-electron chi connectivity index (χ2n) is 7.71. The van der Waals surface area contributed by atoms with Crippen LogP contribution in [-0.2, 0) is 0 Å². The number of carbonyl (C=O) groups excluding carboxylic acids is 2. The maximum Gasteiger partial charge on any atom is 0.258 e. The Morgan fingerprint density at radius 3 is 2.28 bits per heavy atom. The van der Waals surface area contributed by atoms with Gasteiger partial charge in [0.25, 0.3) is 17.7 Å². The van der Waals surface area contributed by atoms with E-state index in [-0.39, 0.29) is 17.7 Å². The van der Waals surface area contributed by atoms with E-state index in [9.17, 15) is 9.59 Å². The van der Waals surface area contributed by atoms with Crippen molar-refractivity contribution in [1.82, 2.24) is 15.1 Å². The van der Waals surface area contributed by atoms with Gasteiger partial charge in [-0.25, -0.2) is 0 Å². The van der Waals surface area contributed by atoms with E-state index < -0.39 is 0 Å². The summed E-state index contributed by atoms with van der Waals surface area (Å²) < 4.78 is 5.45. The highest BCUT2D eigenvalue weighted by molar-refractivity contribution is 6.33. The fraction of sp³-hybridized carbons (Fsp3) is 0. The summed E-state index contributed by atoms with van der Waals surface area (Å²) in [6, 6.07) is 24.4. The minimum Gasteiger partial charge on any atom is -0.334 e. The van der Waals surface area contributed by atoms with Gasteiger partial charge in [-0.1, -0.05) is 41.0 Å². The summed E-state index contributed by atoms with van der Waals surface area (Å²) in [6.45, 7) is 0. The summed E-state index contributed by atoms with van der Waals surface area (Å²) in [5.41, 5.74) is 3.27. The molecule has 2 aromatic heterocycles. The Balaban J connectivity index is 1.32. The van der Waals surface area contributed by atoms with Gasteiger partial charge < -0.3 is 15.2 Å². The van der Waals surface area contributed by atoms with Crippen LogP contribution in [0.3, 0.4) is 0 Å². The Kier molecular flexibility index (Phi) is 6.51. The van der Waals surface area contributed by atoms with E-state index in [2.05, 4.69) is 25.8 Å². The minimum atomic E-state index is -0.298. The van der Waals surface area contributed by atoms with E-state index in [1.807, 2.05) is 6.07 Å². The smallest absolute Gasteiger partial charge is 0.258 e. The average molecular weight is 496 g/mol. The molecular weight excluding hydrogens is 478 g/mol. The third-order valence-electron chi connectivity index (χ3n) is 5.22. The van der Waals surface area contributed by atoms with Crippen LogP contribution in [0.15, 0.2) is 102 Å². The normalized spacial score (nSPS) is 10.6. The first-order chi connectivity index (χ1) is 17.6. The molecule has 0 saturated heterocycles. The summed E-state index contributed by atoms with van der Waals surface area (Å²) >= 11 is 6.46. The third kappa shape index (κ3) is 5.13. The summed E-state index contributed by atoms with van der Waals surface area (Å²) in [7, 11) is 0. The molecule has 0 atom stereocenters. The van der Waals surface area contributed by atoms with E-state index in [0.29, 0.717) is 44.5 Å². The first kappa shape index (κ1) is 22.9. The molecule has 0 aliphatic heterocycles. The first-order valence-corrected chi connectivity index (χ1v) is 11.3. The van der Waals surface area contributed by atoms with Crippen LogP contribution in [0.2, 0.25) is 5.02 Å². The van der Waals surface area contributed by atoms with E-state index in [1.54, 1.807) is 85.1 Å². The molecule has 0 bridgehead atoms. The lowest BCUT2D eigenvalue weighted by molar-refractivity contribution is 0.101. The summed E-state index contributed by atoms with van der Waals surface area (Å²) in [5, 5.41) is 10.0. The van der Waals surface area contributed by atoms with Crippen molar-refractivity contribution in [1.29, 1.82) is 0 Å².